The molecule has 1 fully saturated rings. The summed E-state index contributed by atoms with van der Waals surface area (Å²) in [6, 6.07) is 0.721. The van der Waals surface area contributed by atoms with E-state index in [0.717, 1.165) is 18.4 Å². The van der Waals surface area contributed by atoms with E-state index in [9.17, 15) is 0 Å². The molecular formula is C17H33N. The lowest BCUT2D eigenvalue weighted by atomic mass is 9.89. The summed E-state index contributed by atoms with van der Waals surface area (Å²) >= 11 is 0. The highest BCUT2D eigenvalue weighted by atomic mass is 15.2. The summed E-state index contributed by atoms with van der Waals surface area (Å²) in [5.41, 5.74) is 3.06. The topological polar surface area (TPSA) is 3.24 Å². The molecule has 1 saturated heterocycles. The Labute approximate surface area is 115 Å². The molecule has 18 heavy (non-hydrogen) atoms. The highest BCUT2D eigenvalue weighted by molar-refractivity contribution is 5.38. The van der Waals surface area contributed by atoms with E-state index in [2.05, 4.69) is 51.8 Å². The quantitative estimate of drug-likeness (QED) is 0.647. The molecule has 1 heterocycles. The number of allylic oxidation sites excluding steroid dienone is 3. The fraction of sp³-hybridized carbons (Fsp3) is 0.765. The van der Waals surface area contributed by atoms with Gasteiger partial charge in [-0.1, -0.05) is 53.2 Å². The molecule has 0 aromatic carbocycles. The van der Waals surface area contributed by atoms with Crippen molar-refractivity contribution in [1.29, 1.82) is 0 Å². The number of nitrogens with zero attached hydrogens (tertiary/aromatic N) is 1. The number of hydrogen-bond donors (Lipinski definition) is 0. The average molecular weight is 251 g/mol. The van der Waals surface area contributed by atoms with Gasteiger partial charge >= 0.3 is 0 Å². The van der Waals surface area contributed by atoms with Crippen molar-refractivity contribution in [3.8, 4) is 0 Å². The van der Waals surface area contributed by atoms with Crippen LogP contribution in [0, 0.1) is 5.92 Å². The highest BCUT2D eigenvalue weighted by Crippen LogP contribution is 2.40. The number of likely N-dealkylation sites (tertiary alicyclic amines) is 1. The molecule has 1 rings (SSSR count). The van der Waals surface area contributed by atoms with E-state index in [4.69, 9.17) is 0 Å². The summed E-state index contributed by atoms with van der Waals surface area (Å²) in [4.78, 5) is 2.50. The van der Waals surface area contributed by atoms with Gasteiger partial charge in [0.15, 0.2) is 0 Å². The van der Waals surface area contributed by atoms with Crippen molar-refractivity contribution in [2.24, 2.45) is 5.92 Å². The van der Waals surface area contributed by atoms with Crippen LogP contribution in [0.4, 0.5) is 0 Å². The van der Waals surface area contributed by atoms with E-state index < -0.39 is 0 Å². The average Bonchev–Trinajstić information content (AvgIpc) is 2.65. The summed E-state index contributed by atoms with van der Waals surface area (Å²) in [5, 5.41) is 0. The summed E-state index contributed by atoms with van der Waals surface area (Å²) in [6.45, 7) is 13.0. The first-order chi connectivity index (χ1) is 8.71. The molecule has 0 aromatic rings. The van der Waals surface area contributed by atoms with Crippen LogP contribution in [0.15, 0.2) is 23.4 Å². The van der Waals surface area contributed by atoms with Crippen LogP contribution < -0.4 is 0 Å². The number of hydrogen-bond acceptors (Lipinski definition) is 1. The van der Waals surface area contributed by atoms with E-state index in [1.165, 1.54) is 25.0 Å². The van der Waals surface area contributed by atoms with Crippen LogP contribution in [0.1, 0.15) is 67.2 Å². The third-order valence-electron chi connectivity index (χ3n) is 3.76. The molecular weight excluding hydrogens is 218 g/mol. The standard InChI is InChI=1S/C15H27N.C2H6/c1-6-10-13-12(8-3)15(11-7-2)16(5)14(13)9-4;1-2/h9-10,12,15H,6-8,11H2,1-5H3;1-2H3/b13-10-,14-9+;. The van der Waals surface area contributed by atoms with Gasteiger partial charge in [-0.25, -0.2) is 0 Å². The Bertz CT molecular complexity index is 275. The van der Waals surface area contributed by atoms with Gasteiger partial charge in [0.1, 0.15) is 0 Å². The van der Waals surface area contributed by atoms with E-state index in [0.29, 0.717) is 0 Å². The lowest BCUT2D eigenvalue weighted by molar-refractivity contribution is 0.277. The molecule has 1 aliphatic rings. The zero-order valence-electron chi connectivity index (χ0n) is 13.6. The maximum Gasteiger partial charge on any atom is 0.0355 e. The fourth-order valence-corrected chi connectivity index (χ4v) is 3.08. The fourth-order valence-electron chi connectivity index (χ4n) is 3.08. The first kappa shape index (κ1) is 17.3. The Morgan fingerprint density at radius 1 is 1.17 bits per heavy atom. The maximum atomic E-state index is 2.50. The number of likely N-dealkylation sites (N-methyl/N-ethyl adjacent to an activating group) is 1. The van der Waals surface area contributed by atoms with Gasteiger partial charge in [-0.05, 0) is 31.8 Å². The second-order valence-corrected chi connectivity index (χ2v) is 4.72. The number of rotatable bonds is 4. The van der Waals surface area contributed by atoms with E-state index in [-0.39, 0.29) is 0 Å². The maximum absolute atomic E-state index is 2.50. The van der Waals surface area contributed by atoms with Crippen molar-refractivity contribution >= 4 is 0 Å². The van der Waals surface area contributed by atoms with Crippen LogP contribution >= 0.6 is 0 Å². The molecule has 2 unspecified atom stereocenters. The van der Waals surface area contributed by atoms with Crippen LogP contribution in [0.3, 0.4) is 0 Å². The minimum Gasteiger partial charge on any atom is -0.371 e. The molecule has 106 valence electrons. The van der Waals surface area contributed by atoms with E-state index in [1.54, 1.807) is 5.57 Å². The summed E-state index contributed by atoms with van der Waals surface area (Å²) in [7, 11) is 2.26. The summed E-state index contributed by atoms with van der Waals surface area (Å²) in [6.07, 6.45) is 9.71. The van der Waals surface area contributed by atoms with E-state index >= 15 is 0 Å². The Morgan fingerprint density at radius 3 is 2.17 bits per heavy atom. The van der Waals surface area contributed by atoms with Gasteiger partial charge in [0, 0.05) is 24.7 Å². The lowest BCUT2D eigenvalue weighted by Crippen LogP contribution is -2.28. The van der Waals surface area contributed by atoms with E-state index in [1.807, 2.05) is 13.8 Å². The molecule has 0 amide bonds. The molecule has 1 heteroatoms. The monoisotopic (exact) mass is 251 g/mol. The predicted octanol–water partition coefficient (Wildman–Crippen LogP) is 5.39. The molecule has 2 atom stereocenters. The van der Waals surface area contributed by atoms with Gasteiger partial charge in [-0.2, -0.15) is 0 Å². The molecule has 0 bridgehead atoms. The SMILES string of the molecule is C/C=C1\C(=C/CC)C(CC)C(CCC)N1C.CC. The Hall–Kier alpha value is -0.720. The molecule has 0 aliphatic carbocycles. The van der Waals surface area contributed by atoms with Gasteiger partial charge in [0.05, 0.1) is 0 Å². The van der Waals surface area contributed by atoms with Crippen molar-refractivity contribution in [1.82, 2.24) is 4.90 Å². The molecule has 1 nitrogen and oxygen atoms in total. The van der Waals surface area contributed by atoms with Gasteiger partial charge in [-0.3, -0.25) is 0 Å². The molecule has 1 aliphatic heterocycles. The third-order valence-corrected chi connectivity index (χ3v) is 3.76. The normalized spacial score (nSPS) is 27.6. The van der Waals surface area contributed by atoms with Crippen LogP contribution in [0.5, 0.6) is 0 Å². The first-order valence-electron chi connectivity index (χ1n) is 7.80. The predicted molar refractivity (Wildman–Crippen MR) is 83.7 cm³/mol. The Balaban J connectivity index is 0.00000137. The van der Waals surface area contributed by atoms with Crippen molar-refractivity contribution in [3.63, 3.8) is 0 Å². The highest BCUT2D eigenvalue weighted by Gasteiger charge is 2.36. The van der Waals surface area contributed by atoms with Crippen LogP contribution in [0.2, 0.25) is 0 Å². The van der Waals surface area contributed by atoms with Crippen LogP contribution in [0.25, 0.3) is 0 Å². The second-order valence-electron chi connectivity index (χ2n) is 4.72. The van der Waals surface area contributed by atoms with Gasteiger partial charge in [0.25, 0.3) is 0 Å². The van der Waals surface area contributed by atoms with Crippen molar-refractivity contribution in [2.45, 2.75) is 73.3 Å². The van der Waals surface area contributed by atoms with Gasteiger partial charge < -0.3 is 4.90 Å². The third kappa shape index (κ3) is 3.63. The lowest BCUT2D eigenvalue weighted by Gasteiger charge is -2.25. The minimum atomic E-state index is 0.721. The van der Waals surface area contributed by atoms with Crippen LogP contribution in [-0.2, 0) is 0 Å². The van der Waals surface area contributed by atoms with Gasteiger partial charge in [-0.15, -0.1) is 0 Å². The summed E-state index contributed by atoms with van der Waals surface area (Å²) in [5.74, 6) is 0.746. The zero-order chi connectivity index (χ0) is 14.1. The largest absolute Gasteiger partial charge is 0.371 e. The smallest absolute Gasteiger partial charge is 0.0355 e. The molecule has 0 saturated carbocycles. The minimum absolute atomic E-state index is 0.721. The Kier molecular flexibility index (Phi) is 8.87. The van der Waals surface area contributed by atoms with Gasteiger partial charge in [0.2, 0.25) is 0 Å². The zero-order valence-corrected chi connectivity index (χ0v) is 13.6. The van der Waals surface area contributed by atoms with Crippen molar-refractivity contribution < 1.29 is 0 Å². The van der Waals surface area contributed by atoms with Crippen molar-refractivity contribution in [3.05, 3.63) is 23.4 Å². The van der Waals surface area contributed by atoms with Crippen LogP contribution in [-0.4, -0.2) is 18.0 Å². The summed E-state index contributed by atoms with van der Waals surface area (Å²) < 4.78 is 0. The first-order valence-corrected chi connectivity index (χ1v) is 7.80. The van der Waals surface area contributed by atoms with Crippen molar-refractivity contribution in [2.75, 3.05) is 7.05 Å². The Morgan fingerprint density at radius 2 is 1.78 bits per heavy atom. The second kappa shape index (κ2) is 9.24. The molecule has 0 radical (unpaired) electrons. The molecule has 0 N–H and O–H groups in total. The molecule has 0 spiro atoms. The molecule has 0 aromatic heterocycles.